The van der Waals surface area contributed by atoms with E-state index >= 15 is 0 Å². The number of nitriles is 1. The third-order valence-corrected chi connectivity index (χ3v) is 3.92. The van der Waals surface area contributed by atoms with Crippen LogP contribution in [0.5, 0.6) is 0 Å². The van der Waals surface area contributed by atoms with Gasteiger partial charge in [0.05, 0.1) is 11.6 Å². The summed E-state index contributed by atoms with van der Waals surface area (Å²) < 4.78 is 13.0. The summed E-state index contributed by atoms with van der Waals surface area (Å²) in [5.41, 5.74) is 1.08. The lowest BCUT2D eigenvalue weighted by Gasteiger charge is -2.20. The second kappa shape index (κ2) is 6.57. The van der Waals surface area contributed by atoms with Gasteiger partial charge in [-0.15, -0.1) is 0 Å². The average Bonchev–Trinajstić information content (AvgIpc) is 2.65. The molecule has 0 spiro atoms. The van der Waals surface area contributed by atoms with Crippen molar-refractivity contribution in [3.8, 4) is 6.07 Å². The Labute approximate surface area is 143 Å². The van der Waals surface area contributed by atoms with Crippen LogP contribution in [0.4, 0.5) is 21.5 Å². The predicted molar refractivity (Wildman–Crippen MR) is 94.2 cm³/mol. The lowest BCUT2D eigenvalue weighted by atomic mass is 10.1. The highest BCUT2D eigenvalue weighted by molar-refractivity contribution is 5.79. The summed E-state index contributed by atoms with van der Waals surface area (Å²) in [6, 6.07) is 14.2. The maximum atomic E-state index is 13.0. The van der Waals surface area contributed by atoms with Crippen LogP contribution < -0.4 is 21.5 Å². The van der Waals surface area contributed by atoms with Crippen LogP contribution in [-0.4, -0.2) is 0 Å². The Balaban J connectivity index is 1.80. The summed E-state index contributed by atoms with van der Waals surface area (Å²) in [6.07, 6.45) is 0. The van der Waals surface area contributed by atoms with Gasteiger partial charge in [-0.05, 0) is 48.9 Å². The van der Waals surface area contributed by atoms with Crippen LogP contribution in [-0.2, 0) is 0 Å². The van der Waals surface area contributed by atoms with Crippen LogP contribution in [0.25, 0.3) is 0 Å². The first-order valence-electron chi connectivity index (χ1n) is 7.62. The second-order valence-corrected chi connectivity index (χ2v) is 5.64. The molecule has 2 N–H and O–H groups in total. The van der Waals surface area contributed by atoms with Crippen LogP contribution in [0, 0.1) is 17.1 Å². The molecule has 0 aliphatic carbocycles. The molecular weight excluding hydrogens is 321 g/mol. The fourth-order valence-electron chi connectivity index (χ4n) is 2.47. The molecule has 1 unspecified atom stereocenters. The number of hydrogen-bond donors (Lipinski definition) is 2. The summed E-state index contributed by atoms with van der Waals surface area (Å²) >= 11 is 0. The van der Waals surface area contributed by atoms with E-state index in [4.69, 9.17) is 5.26 Å². The molecule has 3 rings (SSSR count). The van der Waals surface area contributed by atoms with Gasteiger partial charge in [0.15, 0.2) is 0 Å². The van der Waals surface area contributed by atoms with Crippen molar-refractivity contribution in [2.24, 2.45) is 0 Å². The molecule has 124 valence electrons. The summed E-state index contributed by atoms with van der Waals surface area (Å²) in [5.74, 6) is -0.340. The summed E-state index contributed by atoms with van der Waals surface area (Å²) in [4.78, 5) is 23.7. The van der Waals surface area contributed by atoms with Gasteiger partial charge in [0.2, 0.25) is 0 Å². The van der Waals surface area contributed by atoms with Gasteiger partial charge in [-0.2, -0.15) is 5.26 Å². The van der Waals surface area contributed by atoms with Crippen LogP contribution in [0.1, 0.15) is 24.1 Å². The Morgan fingerprint density at radius 2 is 1.56 bits per heavy atom. The Bertz CT molecular complexity index is 1010. The first-order valence-corrected chi connectivity index (χ1v) is 7.62. The van der Waals surface area contributed by atoms with Gasteiger partial charge < -0.3 is 10.6 Å². The Hall–Kier alpha value is -3.46. The van der Waals surface area contributed by atoms with Gasteiger partial charge in [0.1, 0.15) is 17.2 Å². The highest BCUT2D eigenvalue weighted by Crippen LogP contribution is 2.25. The quantitative estimate of drug-likeness (QED) is 0.700. The first kappa shape index (κ1) is 16.4. The minimum atomic E-state index is -0.599. The molecule has 0 saturated heterocycles. The number of anilines is 3. The third-order valence-electron chi connectivity index (χ3n) is 3.92. The number of nitrogens with one attached hydrogen (secondary N) is 2. The minimum Gasteiger partial charge on any atom is -0.373 e. The summed E-state index contributed by atoms with van der Waals surface area (Å²) in [6.45, 7) is 1.82. The third kappa shape index (κ3) is 3.26. The Morgan fingerprint density at radius 1 is 0.960 bits per heavy atom. The molecule has 0 radical (unpaired) electrons. The minimum absolute atomic E-state index is 0.184. The highest BCUT2D eigenvalue weighted by Gasteiger charge is 2.22. The normalized spacial score (nSPS) is 11.7. The molecule has 3 aromatic carbocycles. The largest absolute Gasteiger partial charge is 0.373 e. The van der Waals surface area contributed by atoms with Crippen LogP contribution >= 0.6 is 0 Å². The number of halogens is 1. The highest BCUT2D eigenvalue weighted by atomic mass is 19.1. The molecule has 3 aromatic rings. The molecule has 0 aromatic heterocycles. The smallest absolute Gasteiger partial charge is 0.253 e. The van der Waals surface area contributed by atoms with Gasteiger partial charge in [0.25, 0.3) is 10.9 Å². The van der Waals surface area contributed by atoms with Crippen molar-refractivity contribution in [3.05, 3.63) is 85.9 Å². The molecule has 0 bridgehead atoms. The zero-order valence-corrected chi connectivity index (χ0v) is 13.3. The molecule has 0 amide bonds. The maximum absolute atomic E-state index is 13.0. The number of nitrogens with zero attached hydrogens (tertiary/aromatic N) is 1. The van der Waals surface area contributed by atoms with E-state index in [-0.39, 0.29) is 23.2 Å². The molecule has 0 aliphatic heterocycles. The molecular formula is C19H14FN3O2. The van der Waals surface area contributed by atoms with Crippen molar-refractivity contribution in [1.82, 2.24) is 0 Å². The topological polar surface area (TPSA) is 82.0 Å². The van der Waals surface area contributed by atoms with Crippen LogP contribution in [0.15, 0.2) is 58.1 Å². The molecule has 5 nitrogen and oxygen atoms in total. The molecule has 6 heteroatoms. The lowest BCUT2D eigenvalue weighted by Crippen LogP contribution is -2.37. The van der Waals surface area contributed by atoms with Crippen molar-refractivity contribution in [1.29, 1.82) is 5.26 Å². The van der Waals surface area contributed by atoms with Gasteiger partial charge in [0, 0.05) is 11.7 Å². The maximum Gasteiger partial charge on any atom is 0.253 e. The average molecular weight is 335 g/mol. The standard InChI is InChI=1S/C19H14FN3O2/c1-11(13-4-6-14(20)7-5-13)22-16-17(19(25)18(16)24)23-15-8-2-12(10-21)3-9-15/h2-9,11,22-23H,1H3. The first-order chi connectivity index (χ1) is 12.0. The van der Waals surface area contributed by atoms with Gasteiger partial charge in [-0.3, -0.25) is 9.59 Å². The Morgan fingerprint density at radius 3 is 2.16 bits per heavy atom. The van der Waals surface area contributed by atoms with E-state index in [9.17, 15) is 14.0 Å². The SMILES string of the molecule is CC(Nc1c(Nc2ccc(C#N)cc2)c(=O)c1=O)c1ccc(F)cc1. The van der Waals surface area contributed by atoms with Crippen molar-refractivity contribution < 1.29 is 4.39 Å². The molecule has 0 heterocycles. The van der Waals surface area contributed by atoms with Gasteiger partial charge in [-0.1, -0.05) is 12.1 Å². The van der Waals surface area contributed by atoms with E-state index < -0.39 is 10.9 Å². The second-order valence-electron chi connectivity index (χ2n) is 5.64. The molecule has 0 aliphatic rings. The van der Waals surface area contributed by atoms with Gasteiger partial charge >= 0.3 is 0 Å². The van der Waals surface area contributed by atoms with Crippen LogP contribution in [0.2, 0.25) is 0 Å². The van der Waals surface area contributed by atoms with E-state index in [0.29, 0.717) is 11.3 Å². The van der Waals surface area contributed by atoms with Gasteiger partial charge in [-0.25, -0.2) is 4.39 Å². The predicted octanol–water partition coefficient (Wildman–Crippen LogP) is 3.21. The zero-order chi connectivity index (χ0) is 18.0. The van der Waals surface area contributed by atoms with Crippen LogP contribution in [0.3, 0.4) is 0 Å². The zero-order valence-electron chi connectivity index (χ0n) is 13.3. The van der Waals surface area contributed by atoms with E-state index in [2.05, 4.69) is 10.6 Å². The van der Waals surface area contributed by atoms with E-state index in [1.54, 1.807) is 36.4 Å². The van der Waals surface area contributed by atoms with E-state index in [0.717, 1.165) is 5.56 Å². The summed E-state index contributed by atoms with van der Waals surface area (Å²) in [7, 11) is 0. The molecule has 1 atom stereocenters. The summed E-state index contributed by atoms with van der Waals surface area (Å²) in [5, 5.41) is 14.7. The van der Waals surface area contributed by atoms with E-state index in [1.807, 2.05) is 13.0 Å². The molecule has 0 saturated carbocycles. The fourth-order valence-corrected chi connectivity index (χ4v) is 2.47. The van der Waals surface area contributed by atoms with Crippen molar-refractivity contribution >= 4 is 17.1 Å². The molecule has 25 heavy (non-hydrogen) atoms. The van der Waals surface area contributed by atoms with Crippen molar-refractivity contribution in [2.75, 3.05) is 10.6 Å². The van der Waals surface area contributed by atoms with E-state index in [1.165, 1.54) is 12.1 Å². The lowest BCUT2D eigenvalue weighted by molar-refractivity contribution is 0.626. The van der Waals surface area contributed by atoms with Crippen molar-refractivity contribution in [2.45, 2.75) is 13.0 Å². The number of benzene rings is 2. The monoisotopic (exact) mass is 335 g/mol. The Kier molecular flexibility index (Phi) is 4.31. The van der Waals surface area contributed by atoms with Crippen molar-refractivity contribution in [3.63, 3.8) is 0 Å². The fraction of sp³-hybridized carbons (Fsp3) is 0.105. The number of rotatable bonds is 5. The number of hydrogen-bond acceptors (Lipinski definition) is 5. The molecule has 0 fully saturated rings.